The fourth-order valence-corrected chi connectivity index (χ4v) is 2.71. The molecule has 4 nitrogen and oxygen atoms in total. The van der Waals surface area contributed by atoms with Crippen molar-refractivity contribution in [3.63, 3.8) is 0 Å². The zero-order valence-corrected chi connectivity index (χ0v) is 13.6. The van der Waals surface area contributed by atoms with Crippen LogP contribution in [-0.4, -0.2) is 43.2 Å². The number of hydrogen-bond donors (Lipinski definition) is 1. The molecule has 1 aromatic rings. The standard InChI is InChI=1S/C14H17ClF2N2O2.ClH/c1-21-9-2-3-19(8(4-9)7-18)14(20)10-5-13(17)11(15)6-12(10)16;/h5-6,8-9H,2-4,7,18H2,1H3;1H. The van der Waals surface area contributed by atoms with Gasteiger partial charge in [-0.3, -0.25) is 4.79 Å². The van der Waals surface area contributed by atoms with Gasteiger partial charge in [0.1, 0.15) is 11.6 Å². The number of amides is 1. The normalized spacial score (nSPS) is 21.4. The van der Waals surface area contributed by atoms with Gasteiger partial charge >= 0.3 is 0 Å². The third-order valence-corrected chi connectivity index (χ3v) is 4.06. The topological polar surface area (TPSA) is 55.6 Å². The average molecular weight is 355 g/mol. The van der Waals surface area contributed by atoms with E-state index in [0.717, 1.165) is 12.1 Å². The maximum Gasteiger partial charge on any atom is 0.257 e. The molecule has 0 aromatic heterocycles. The maximum atomic E-state index is 13.9. The number of halogens is 4. The number of methoxy groups -OCH3 is 1. The van der Waals surface area contributed by atoms with E-state index in [-0.39, 0.29) is 41.7 Å². The number of carbonyl (C=O) groups is 1. The summed E-state index contributed by atoms with van der Waals surface area (Å²) in [4.78, 5) is 13.9. The first kappa shape index (κ1) is 19.1. The number of carbonyl (C=O) groups excluding carboxylic acids is 1. The second-order valence-electron chi connectivity index (χ2n) is 5.02. The summed E-state index contributed by atoms with van der Waals surface area (Å²) in [7, 11) is 1.60. The van der Waals surface area contributed by atoms with E-state index in [1.54, 1.807) is 7.11 Å². The van der Waals surface area contributed by atoms with Gasteiger partial charge in [0.15, 0.2) is 0 Å². The molecule has 1 amide bonds. The van der Waals surface area contributed by atoms with E-state index in [4.69, 9.17) is 22.1 Å². The van der Waals surface area contributed by atoms with Crippen molar-refractivity contribution in [2.45, 2.75) is 25.0 Å². The molecule has 0 saturated carbocycles. The van der Waals surface area contributed by atoms with Crippen molar-refractivity contribution in [3.05, 3.63) is 34.4 Å². The lowest BCUT2D eigenvalue weighted by atomic mass is 9.98. The van der Waals surface area contributed by atoms with Crippen LogP contribution in [0, 0.1) is 11.6 Å². The van der Waals surface area contributed by atoms with Gasteiger partial charge in [-0.1, -0.05) is 11.6 Å². The number of nitrogens with two attached hydrogens (primary N) is 1. The highest BCUT2D eigenvalue weighted by molar-refractivity contribution is 6.30. The Kier molecular flexibility index (Phi) is 6.99. The van der Waals surface area contributed by atoms with Crippen LogP contribution in [0.25, 0.3) is 0 Å². The van der Waals surface area contributed by atoms with Crippen molar-refractivity contribution < 1.29 is 18.3 Å². The molecule has 1 saturated heterocycles. The molecule has 0 bridgehead atoms. The number of rotatable bonds is 3. The molecular formula is C14H18Cl2F2N2O2. The van der Waals surface area contributed by atoms with Crippen LogP contribution in [-0.2, 0) is 4.74 Å². The monoisotopic (exact) mass is 354 g/mol. The number of nitrogens with zero attached hydrogens (tertiary/aromatic N) is 1. The SMILES string of the molecule is COC1CCN(C(=O)c2cc(F)c(Cl)cc2F)C(CN)C1.Cl. The van der Waals surface area contributed by atoms with Gasteiger partial charge < -0.3 is 15.4 Å². The summed E-state index contributed by atoms with van der Waals surface area (Å²) in [6.07, 6.45) is 1.24. The van der Waals surface area contributed by atoms with E-state index in [1.807, 2.05) is 0 Å². The predicted octanol–water partition coefficient (Wildman–Crippen LogP) is 2.62. The lowest BCUT2D eigenvalue weighted by Gasteiger charge is -2.38. The Balaban J connectivity index is 0.00000242. The lowest BCUT2D eigenvalue weighted by Crippen LogP contribution is -2.51. The molecule has 2 rings (SSSR count). The highest BCUT2D eigenvalue weighted by Gasteiger charge is 2.32. The van der Waals surface area contributed by atoms with Crippen LogP contribution in [0.15, 0.2) is 12.1 Å². The van der Waals surface area contributed by atoms with Crippen molar-refractivity contribution in [1.29, 1.82) is 0 Å². The average Bonchev–Trinajstić information content (AvgIpc) is 2.49. The second-order valence-corrected chi connectivity index (χ2v) is 5.42. The highest BCUT2D eigenvalue weighted by Crippen LogP contribution is 2.25. The summed E-state index contributed by atoms with van der Waals surface area (Å²) in [6.45, 7) is 0.631. The van der Waals surface area contributed by atoms with E-state index >= 15 is 0 Å². The first-order chi connectivity index (χ1) is 9.97. The number of benzene rings is 1. The van der Waals surface area contributed by atoms with Crippen molar-refractivity contribution in [1.82, 2.24) is 4.90 Å². The van der Waals surface area contributed by atoms with Crippen molar-refractivity contribution >= 4 is 29.9 Å². The van der Waals surface area contributed by atoms with E-state index < -0.39 is 17.5 Å². The van der Waals surface area contributed by atoms with Crippen molar-refractivity contribution in [2.75, 3.05) is 20.2 Å². The molecule has 2 N–H and O–H groups in total. The fraction of sp³-hybridized carbons (Fsp3) is 0.500. The number of piperidine rings is 1. The molecule has 1 fully saturated rings. The fourth-order valence-electron chi connectivity index (χ4n) is 2.56. The van der Waals surface area contributed by atoms with E-state index in [9.17, 15) is 13.6 Å². The van der Waals surface area contributed by atoms with Crippen molar-refractivity contribution in [2.24, 2.45) is 5.73 Å². The summed E-state index contributed by atoms with van der Waals surface area (Å²) >= 11 is 5.49. The zero-order valence-electron chi connectivity index (χ0n) is 12.0. The van der Waals surface area contributed by atoms with Gasteiger partial charge in [-0.05, 0) is 25.0 Å². The van der Waals surface area contributed by atoms with Gasteiger partial charge in [0, 0.05) is 26.2 Å². The van der Waals surface area contributed by atoms with Crippen LogP contribution in [0.5, 0.6) is 0 Å². The van der Waals surface area contributed by atoms with Crippen LogP contribution in [0.4, 0.5) is 8.78 Å². The highest BCUT2D eigenvalue weighted by atomic mass is 35.5. The third kappa shape index (κ3) is 3.87. The summed E-state index contributed by atoms with van der Waals surface area (Å²) in [6, 6.07) is 1.38. The molecule has 1 aromatic carbocycles. The molecule has 22 heavy (non-hydrogen) atoms. The van der Waals surface area contributed by atoms with Crippen LogP contribution in [0.1, 0.15) is 23.2 Å². The Labute approximate surface area is 139 Å². The smallest absolute Gasteiger partial charge is 0.257 e. The van der Waals surface area contributed by atoms with Gasteiger partial charge in [0.05, 0.1) is 16.7 Å². The van der Waals surface area contributed by atoms with Crippen LogP contribution in [0.2, 0.25) is 5.02 Å². The first-order valence-electron chi connectivity index (χ1n) is 6.66. The summed E-state index contributed by atoms with van der Waals surface area (Å²) in [5.41, 5.74) is 5.35. The van der Waals surface area contributed by atoms with Crippen LogP contribution in [0.3, 0.4) is 0 Å². The molecule has 8 heteroatoms. The van der Waals surface area contributed by atoms with Crippen LogP contribution < -0.4 is 5.73 Å². The molecule has 2 unspecified atom stereocenters. The Morgan fingerprint density at radius 1 is 1.45 bits per heavy atom. The predicted molar refractivity (Wildman–Crippen MR) is 82.5 cm³/mol. The van der Waals surface area contributed by atoms with Gasteiger partial charge in [0.2, 0.25) is 0 Å². The Hall–Kier alpha value is -0.950. The largest absolute Gasteiger partial charge is 0.381 e. The quantitative estimate of drug-likeness (QED) is 0.848. The van der Waals surface area contributed by atoms with Gasteiger partial charge in [-0.2, -0.15) is 0 Å². The molecule has 1 aliphatic heterocycles. The molecule has 0 radical (unpaired) electrons. The molecule has 2 atom stereocenters. The molecule has 124 valence electrons. The Morgan fingerprint density at radius 2 is 2.14 bits per heavy atom. The minimum absolute atomic E-state index is 0. The first-order valence-corrected chi connectivity index (χ1v) is 7.04. The molecular weight excluding hydrogens is 337 g/mol. The Bertz CT molecular complexity index is 546. The van der Waals surface area contributed by atoms with Crippen LogP contribution >= 0.6 is 24.0 Å². The summed E-state index contributed by atoms with van der Waals surface area (Å²) < 4.78 is 32.6. The van der Waals surface area contributed by atoms with E-state index in [1.165, 1.54) is 4.90 Å². The van der Waals surface area contributed by atoms with Gasteiger partial charge in [-0.25, -0.2) is 8.78 Å². The molecule has 0 spiro atoms. The summed E-state index contributed by atoms with van der Waals surface area (Å²) in [5.74, 6) is -2.23. The number of hydrogen-bond acceptors (Lipinski definition) is 3. The van der Waals surface area contributed by atoms with Crippen molar-refractivity contribution in [3.8, 4) is 0 Å². The molecule has 1 heterocycles. The molecule has 1 aliphatic rings. The minimum Gasteiger partial charge on any atom is -0.381 e. The summed E-state index contributed by atoms with van der Waals surface area (Å²) in [5, 5.41) is -0.350. The van der Waals surface area contributed by atoms with E-state index in [2.05, 4.69) is 0 Å². The third-order valence-electron chi connectivity index (χ3n) is 3.77. The van der Waals surface area contributed by atoms with Gasteiger partial charge in [-0.15, -0.1) is 12.4 Å². The second kappa shape index (κ2) is 8.06. The van der Waals surface area contributed by atoms with Gasteiger partial charge in [0.25, 0.3) is 5.91 Å². The number of ether oxygens (including phenoxy) is 1. The number of likely N-dealkylation sites (tertiary alicyclic amines) is 1. The minimum atomic E-state index is -0.837. The maximum absolute atomic E-state index is 13.9. The van der Waals surface area contributed by atoms with E-state index in [0.29, 0.717) is 19.4 Å². The zero-order chi connectivity index (χ0) is 15.6. The lowest BCUT2D eigenvalue weighted by molar-refractivity contribution is 0.0136. The molecule has 0 aliphatic carbocycles. The Morgan fingerprint density at radius 3 is 2.73 bits per heavy atom.